The maximum Gasteiger partial charge on any atom is 0.0541 e. The van der Waals surface area contributed by atoms with Crippen molar-refractivity contribution in [3.8, 4) is 5.69 Å². The first-order chi connectivity index (χ1) is 23.0. The van der Waals surface area contributed by atoms with Crippen LogP contribution in [0.15, 0.2) is 149 Å². The summed E-state index contributed by atoms with van der Waals surface area (Å²) in [5, 5.41) is 5.25. The van der Waals surface area contributed by atoms with Gasteiger partial charge in [-0.3, -0.25) is 0 Å². The number of aromatic nitrogens is 2. The van der Waals surface area contributed by atoms with E-state index in [1.165, 1.54) is 87.2 Å². The molecule has 0 fully saturated rings. The van der Waals surface area contributed by atoms with Crippen molar-refractivity contribution in [1.82, 2.24) is 9.55 Å². The zero-order valence-corrected chi connectivity index (χ0v) is 28.2. The molecule has 2 heterocycles. The molecule has 0 atom stereocenters. The van der Waals surface area contributed by atoms with Crippen LogP contribution in [0.25, 0.3) is 61.5 Å². The largest absolute Gasteiger partial charge is 0.355 e. The number of hydrogen-bond acceptors (Lipinski definition) is 0. The lowest BCUT2D eigenvalue weighted by Crippen LogP contribution is -1.99. The van der Waals surface area contributed by atoms with Gasteiger partial charge >= 0.3 is 0 Å². The monoisotopic (exact) mass is 670 g/mol. The van der Waals surface area contributed by atoms with Gasteiger partial charge in [0.15, 0.2) is 0 Å². The third-order valence-electron chi connectivity index (χ3n) is 9.29. The lowest BCUT2D eigenvalue weighted by Gasteiger charge is -2.13. The average Bonchev–Trinajstić information content (AvgIpc) is 3.86. The molecule has 0 saturated heterocycles. The zero-order chi connectivity index (χ0) is 31.9. The first-order valence-corrected chi connectivity index (χ1v) is 17.0. The van der Waals surface area contributed by atoms with E-state index < -0.39 is 0 Å². The molecule has 3 heteroatoms. The minimum Gasteiger partial charge on any atom is -0.355 e. The molecule has 228 valence electrons. The molecule has 10 rings (SSSR count). The molecule has 2 aliphatic rings. The van der Waals surface area contributed by atoms with Gasteiger partial charge in [0.2, 0.25) is 0 Å². The van der Waals surface area contributed by atoms with Gasteiger partial charge in [0, 0.05) is 37.1 Å². The summed E-state index contributed by atoms with van der Waals surface area (Å²) in [4.78, 5) is 3.38. The summed E-state index contributed by atoms with van der Waals surface area (Å²) < 4.78 is 3.67. The van der Waals surface area contributed by atoms with Crippen molar-refractivity contribution in [3.63, 3.8) is 0 Å². The van der Waals surface area contributed by atoms with E-state index in [9.17, 15) is 0 Å². The van der Waals surface area contributed by atoms with Crippen LogP contribution in [0.1, 0.15) is 36.1 Å². The van der Waals surface area contributed by atoms with Gasteiger partial charge in [-0.15, -0.1) is 0 Å². The molecule has 0 unspecified atom stereocenters. The normalized spacial score (nSPS) is 13.1. The van der Waals surface area contributed by atoms with E-state index in [2.05, 4.69) is 185 Å². The minimum absolute atomic E-state index is 1.05. The summed E-state index contributed by atoms with van der Waals surface area (Å²) in [5.74, 6) is 0. The molecule has 2 aromatic heterocycles. The van der Waals surface area contributed by atoms with Crippen LogP contribution in [0.5, 0.6) is 0 Å². The van der Waals surface area contributed by atoms with Gasteiger partial charge in [-0.05, 0) is 85.3 Å². The third-order valence-corrected chi connectivity index (χ3v) is 10.0. The van der Waals surface area contributed by atoms with E-state index in [0.29, 0.717) is 0 Å². The maximum atomic E-state index is 3.54. The van der Waals surface area contributed by atoms with Crippen LogP contribution in [0.4, 0.5) is 0 Å². The summed E-state index contributed by atoms with van der Waals surface area (Å²) in [6.07, 6.45) is 6.72. The number of para-hydroxylation sites is 4. The molecule has 6 aromatic carbocycles. The number of aromatic amines is 1. The Morgan fingerprint density at radius 3 is 1.53 bits per heavy atom. The summed E-state index contributed by atoms with van der Waals surface area (Å²) in [6, 6.07) is 47.2. The summed E-state index contributed by atoms with van der Waals surface area (Å²) in [5.41, 5.74) is 14.8. The second-order valence-electron chi connectivity index (χ2n) is 12.6. The molecule has 2 nitrogen and oxygen atoms in total. The summed E-state index contributed by atoms with van der Waals surface area (Å²) >= 11 is 3.54. The fraction of sp³-hybridized carbons (Fsp3) is 0.0909. The second-order valence-corrected chi connectivity index (χ2v) is 13.4. The van der Waals surface area contributed by atoms with E-state index in [0.717, 1.165) is 12.8 Å². The van der Waals surface area contributed by atoms with Crippen LogP contribution in [0, 0.1) is 0 Å². The van der Waals surface area contributed by atoms with Crippen molar-refractivity contribution in [2.24, 2.45) is 0 Å². The molecule has 0 radical (unpaired) electrons. The van der Waals surface area contributed by atoms with Gasteiger partial charge in [0.05, 0.1) is 16.7 Å². The number of allylic oxidation sites excluding steroid dienone is 2. The van der Waals surface area contributed by atoms with Crippen molar-refractivity contribution in [1.29, 1.82) is 0 Å². The average molecular weight is 672 g/mol. The van der Waals surface area contributed by atoms with E-state index in [1.807, 2.05) is 0 Å². The second kappa shape index (κ2) is 12.2. The SMILES string of the molecule is CC1=Cc2cccc(-n3c4ccccc4c4ccccc43)c2C1.CC1=Cc2cccc(Br)c2C1.c1ccc2c(c1)[nH]c1ccccc12. The predicted octanol–water partition coefficient (Wildman–Crippen LogP) is 12.5. The number of hydrogen-bond donors (Lipinski definition) is 1. The highest BCUT2D eigenvalue weighted by Crippen LogP contribution is 2.36. The summed E-state index contributed by atoms with van der Waals surface area (Å²) in [7, 11) is 0. The van der Waals surface area contributed by atoms with Crippen LogP contribution in [-0.2, 0) is 12.8 Å². The molecule has 47 heavy (non-hydrogen) atoms. The lowest BCUT2D eigenvalue weighted by molar-refractivity contribution is 1.10. The van der Waals surface area contributed by atoms with Crippen LogP contribution in [0.2, 0.25) is 0 Å². The van der Waals surface area contributed by atoms with Crippen molar-refractivity contribution < 1.29 is 0 Å². The fourth-order valence-electron chi connectivity index (χ4n) is 7.20. The highest BCUT2D eigenvalue weighted by molar-refractivity contribution is 9.10. The van der Waals surface area contributed by atoms with Crippen LogP contribution >= 0.6 is 15.9 Å². The molecule has 2 aliphatic carbocycles. The Labute approximate surface area is 283 Å². The summed E-state index contributed by atoms with van der Waals surface area (Å²) in [6.45, 7) is 4.39. The van der Waals surface area contributed by atoms with Crippen molar-refractivity contribution >= 4 is 71.7 Å². The molecular formula is C44H35BrN2. The number of rotatable bonds is 1. The van der Waals surface area contributed by atoms with Gasteiger partial charge in [0.1, 0.15) is 0 Å². The van der Waals surface area contributed by atoms with Gasteiger partial charge < -0.3 is 9.55 Å². The van der Waals surface area contributed by atoms with Crippen LogP contribution < -0.4 is 0 Å². The topological polar surface area (TPSA) is 20.7 Å². The lowest BCUT2D eigenvalue weighted by atomic mass is 10.1. The first kappa shape index (κ1) is 29.3. The van der Waals surface area contributed by atoms with E-state index >= 15 is 0 Å². The Morgan fingerprint density at radius 1 is 0.489 bits per heavy atom. The smallest absolute Gasteiger partial charge is 0.0541 e. The van der Waals surface area contributed by atoms with E-state index in [4.69, 9.17) is 0 Å². The highest BCUT2D eigenvalue weighted by Gasteiger charge is 2.18. The fourth-order valence-corrected chi connectivity index (χ4v) is 7.72. The third kappa shape index (κ3) is 5.41. The van der Waals surface area contributed by atoms with Crippen LogP contribution in [-0.4, -0.2) is 9.55 Å². The quantitative estimate of drug-likeness (QED) is 0.179. The Balaban J connectivity index is 0.000000114. The van der Waals surface area contributed by atoms with Crippen molar-refractivity contribution in [2.45, 2.75) is 26.7 Å². The van der Waals surface area contributed by atoms with Crippen molar-refractivity contribution in [3.05, 3.63) is 171 Å². The maximum absolute atomic E-state index is 3.54. The number of halogens is 1. The molecule has 0 saturated carbocycles. The van der Waals surface area contributed by atoms with Gasteiger partial charge in [-0.2, -0.15) is 0 Å². The first-order valence-electron chi connectivity index (χ1n) is 16.2. The Kier molecular flexibility index (Phi) is 7.63. The molecule has 0 bridgehead atoms. The number of nitrogens with one attached hydrogen (secondary N) is 1. The molecule has 8 aromatic rings. The molecule has 0 spiro atoms. The number of benzene rings is 6. The van der Waals surface area contributed by atoms with Crippen LogP contribution in [0.3, 0.4) is 0 Å². The molecule has 0 amide bonds. The molecular weight excluding hydrogens is 636 g/mol. The number of nitrogens with zero attached hydrogens (tertiary/aromatic N) is 1. The molecule has 1 N–H and O–H groups in total. The predicted molar refractivity (Wildman–Crippen MR) is 205 cm³/mol. The number of fused-ring (bicyclic) bond motifs is 8. The molecule has 0 aliphatic heterocycles. The van der Waals surface area contributed by atoms with Crippen molar-refractivity contribution in [2.75, 3.05) is 0 Å². The Bertz CT molecular complexity index is 2400. The Morgan fingerprint density at radius 2 is 0.957 bits per heavy atom. The minimum atomic E-state index is 1.05. The van der Waals surface area contributed by atoms with Gasteiger partial charge in [-0.25, -0.2) is 0 Å². The van der Waals surface area contributed by atoms with E-state index in [-0.39, 0.29) is 0 Å². The highest BCUT2D eigenvalue weighted by atomic mass is 79.9. The van der Waals surface area contributed by atoms with E-state index in [1.54, 1.807) is 0 Å². The zero-order valence-electron chi connectivity index (χ0n) is 26.6. The Hall–Kier alpha value is -5.12. The van der Waals surface area contributed by atoms with Gasteiger partial charge in [0.25, 0.3) is 0 Å². The van der Waals surface area contributed by atoms with Gasteiger partial charge in [-0.1, -0.05) is 136 Å². The standard InChI is InChI=1S/C22H17N.C12H9N.C10H9Br/c1-15-13-16-7-6-12-22(19(16)14-15)23-20-10-4-2-8-17(20)18-9-3-5-11-21(18)23;1-3-7-11-9(5-1)10-6-2-4-8-12(10)13-11;1-7-5-8-3-2-4-10(11)9(8)6-7/h2-13H,14H2,1H3;1-8,13H;2-5H,6H2,1H3. The number of H-pyrrole nitrogens is 1.